The van der Waals surface area contributed by atoms with E-state index in [1.54, 1.807) is 0 Å². The summed E-state index contributed by atoms with van der Waals surface area (Å²) in [7, 11) is 0. The van der Waals surface area contributed by atoms with Crippen LogP contribution in [0, 0.1) is 20.8 Å². The lowest BCUT2D eigenvalue weighted by atomic mass is 10.1. The second-order valence-electron chi connectivity index (χ2n) is 6.49. The van der Waals surface area contributed by atoms with Crippen molar-refractivity contribution in [2.75, 3.05) is 18.9 Å². The van der Waals surface area contributed by atoms with E-state index in [0.717, 1.165) is 40.9 Å². The van der Waals surface area contributed by atoms with Crippen LogP contribution in [0.15, 0.2) is 23.2 Å². The molecule has 3 rings (SSSR count). The number of carbonyl (C=O) groups is 1. The highest BCUT2D eigenvalue weighted by Crippen LogP contribution is 2.27. The van der Waals surface area contributed by atoms with Crippen LogP contribution in [0.4, 0.5) is 0 Å². The van der Waals surface area contributed by atoms with Gasteiger partial charge in [-0.25, -0.2) is 4.98 Å². The van der Waals surface area contributed by atoms with Crippen molar-refractivity contribution in [3.05, 3.63) is 34.9 Å². The van der Waals surface area contributed by atoms with Gasteiger partial charge in [-0.1, -0.05) is 23.4 Å². The van der Waals surface area contributed by atoms with Crippen LogP contribution in [-0.2, 0) is 9.53 Å². The van der Waals surface area contributed by atoms with Gasteiger partial charge in [0.1, 0.15) is 5.03 Å². The number of carbonyl (C=O) groups excluding carboxylic acids is 1. The van der Waals surface area contributed by atoms with Gasteiger partial charge in [-0.2, -0.15) is 0 Å². The molecular weight excluding hydrogens is 320 g/mol. The number of fused-ring (bicyclic) bond motifs is 1. The monoisotopic (exact) mass is 344 g/mol. The summed E-state index contributed by atoms with van der Waals surface area (Å²) in [6.45, 7) is 7.66. The van der Waals surface area contributed by atoms with Crippen molar-refractivity contribution in [2.24, 2.45) is 0 Å². The number of pyridine rings is 1. The first-order valence-electron chi connectivity index (χ1n) is 8.42. The molecule has 128 valence electrons. The average Bonchev–Trinajstić information content (AvgIpc) is 3.04. The largest absolute Gasteiger partial charge is 0.376 e. The number of nitrogens with one attached hydrogen (secondary N) is 1. The molecule has 2 heterocycles. The van der Waals surface area contributed by atoms with Crippen molar-refractivity contribution in [1.82, 2.24) is 10.3 Å². The van der Waals surface area contributed by atoms with Crippen molar-refractivity contribution in [3.8, 4) is 0 Å². The normalized spacial score (nSPS) is 17.4. The van der Waals surface area contributed by atoms with Crippen LogP contribution in [-0.4, -0.2) is 35.9 Å². The zero-order valence-electron chi connectivity index (χ0n) is 14.5. The molecule has 1 N–H and O–H groups in total. The fraction of sp³-hybridized carbons (Fsp3) is 0.474. The van der Waals surface area contributed by atoms with Crippen molar-refractivity contribution in [2.45, 2.75) is 44.7 Å². The summed E-state index contributed by atoms with van der Waals surface area (Å²) in [4.78, 5) is 16.8. The number of amides is 1. The Morgan fingerprint density at radius 1 is 1.29 bits per heavy atom. The molecule has 1 unspecified atom stereocenters. The van der Waals surface area contributed by atoms with Gasteiger partial charge in [-0.15, -0.1) is 0 Å². The summed E-state index contributed by atoms with van der Waals surface area (Å²) in [6, 6.07) is 6.47. The summed E-state index contributed by atoms with van der Waals surface area (Å²) in [5.41, 5.74) is 4.56. The van der Waals surface area contributed by atoms with Gasteiger partial charge in [0.2, 0.25) is 5.91 Å². The average molecular weight is 344 g/mol. The molecule has 0 aliphatic carbocycles. The smallest absolute Gasteiger partial charge is 0.230 e. The fourth-order valence-electron chi connectivity index (χ4n) is 3.10. The van der Waals surface area contributed by atoms with E-state index in [4.69, 9.17) is 9.72 Å². The Morgan fingerprint density at radius 2 is 2.12 bits per heavy atom. The second kappa shape index (κ2) is 7.53. The van der Waals surface area contributed by atoms with Crippen LogP contribution >= 0.6 is 11.8 Å². The van der Waals surface area contributed by atoms with E-state index in [-0.39, 0.29) is 12.0 Å². The molecule has 1 aliphatic heterocycles. The first-order chi connectivity index (χ1) is 11.5. The van der Waals surface area contributed by atoms with Gasteiger partial charge >= 0.3 is 0 Å². The predicted octanol–water partition coefficient (Wildman–Crippen LogP) is 3.55. The molecule has 2 aromatic rings. The molecule has 4 nitrogen and oxygen atoms in total. The first-order valence-corrected chi connectivity index (χ1v) is 9.41. The number of thioether (sulfide) groups is 1. The Balaban J connectivity index is 1.64. The summed E-state index contributed by atoms with van der Waals surface area (Å²) < 4.78 is 5.52. The van der Waals surface area contributed by atoms with E-state index in [0.29, 0.717) is 12.3 Å². The maximum Gasteiger partial charge on any atom is 0.230 e. The van der Waals surface area contributed by atoms with Gasteiger partial charge in [-0.3, -0.25) is 4.79 Å². The number of benzene rings is 1. The molecular formula is C19H24N2O2S. The zero-order chi connectivity index (χ0) is 17.1. The summed E-state index contributed by atoms with van der Waals surface area (Å²) in [5.74, 6) is 0.425. The first kappa shape index (κ1) is 17.2. The van der Waals surface area contributed by atoms with Gasteiger partial charge in [-0.05, 0) is 56.9 Å². The third-order valence-corrected chi connectivity index (χ3v) is 5.38. The van der Waals surface area contributed by atoms with Crippen LogP contribution in [0.2, 0.25) is 0 Å². The second-order valence-corrected chi connectivity index (χ2v) is 7.46. The fourth-order valence-corrected chi connectivity index (χ4v) is 3.92. The third-order valence-electron chi connectivity index (χ3n) is 4.29. The van der Waals surface area contributed by atoms with E-state index >= 15 is 0 Å². The Kier molecular flexibility index (Phi) is 5.41. The standard InChI is InChI=1S/C19H24N2O2S/c1-12-7-13(2)18-15(8-12)9-14(3)19(21-18)24-11-17(22)20-10-16-5-4-6-23-16/h7-9,16H,4-6,10-11H2,1-3H3,(H,20,22). The molecule has 0 saturated carbocycles. The summed E-state index contributed by atoms with van der Waals surface area (Å²) >= 11 is 1.50. The van der Waals surface area contributed by atoms with Gasteiger partial charge in [0.15, 0.2) is 0 Å². The van der Waals surface area contributed by atoms with E-state index in [2.05, 4.69) is 44.3 Å². The van der Waals surface area contributed by atoms with Gasteiger partial charge in [0.25, 0.3) is 0 Å². The molecule has 1 amide bonds. The van der Waals surface area contributed by atoms with Crippen LogP contribution in [0.25, 0.3) is 10.9 Å². The number of ether oxygens (including phenoxy) is 1. The lowest BCUT2D eigenvalue weighted by Crippen LogP contribution is -2.32. The molecule has 1 aliphatic rings. The van der Waals surface area contributed by atoms with Crippen molar-refractivity contribution in [3.63, 3.8) is 0 Å². The Bertz CT molecular complexity index is 755. The third kappa shape index (κ3) is 4.08. The quantitative estimate of drug-likeness (QED) is 0.843. The molecule has 1 saturated heterocycles. The van der Waals surface area contributed by atoms with Crippen molar-refractivity contribution in [1.29, 1.82) is 0 Å². The van der Waals surface area contributed by atoms with Gasteiger partial charge < -0.3 is 10.1 Å². The molecule has 24 heavy (non-hydrogen) atoms. The number of hydrogen-bond acceptors (Lipinski definition) is 4. The highest BCUT2D eigenvalue weighted by Gasteiger charge is 2.16. The molecule has 1 atom stereocenters. The number of nitrogens with zero attached hydrogens (tertiary/aromatic N) is 1. The molecule has 0 spiro atoms. The SMILES string of the molecule is Cc1cc(C)c2nc(SCC(=O)NCC3CCCO3)c(C)cc2c1. The highest BCUT2D eigenvalue weighted by molar-refractivity contribution is 7.99. The van der Waals surface area contributed by atoms with Crippen LogP contribution < -0.4 is 5.32 Å². The number of aromatic nitrogens is 1. The van der Waals surface area contributed by atoms with Crippen molar-refractivity contribution < 1.29 is 9.53 Å². The van der Waals surface area contributed by atoms with E-state index in [1.807, 2.05) is 0 Å². The maximum absolute atomic E-state index is 12.0. The molecule has 5 heteroatoms. The maximum atomic E-state index is 12.0. The van der Waals surface area contributed by atoms with Crippen LogP contribution in [0.5, 0.6) is 0 Å². The van der Waals surface area contributed by atoms with Crippen LogP contribution in [0.3, 0.4) is 0 Å². The van der Waals surface area contributed by atoms with E-state index in [9.17, 15) is 4.79 Å². The number of aryl methyl sites for hydroxylation is 3. The minimum Gasteiger partial charge on any atom is -0.376 e. The Hall–Kier alpha value is -1.59. The predicted molar refractivity (Wildman–Crippen MR) is 98.7 cm³/mol. The van der Waals surface area contributed by atoms with Crippen molar-refractivity contribution >= 4 is 28.6 Å². The lowest BCUT2D eigenvalue weighted by Gasteiger charge is -2.12. The molecule has 1 aromatic carbocycles. The number of rotatable bonds is 5. The molecule has 0 bridgehead atoms. The minimum atomic E-state index is 0.0393. The topological polar surface area (TPSA) is 51.2 Å². The van der Waals surface area contributed by atoms with E-state index < -0.39 is 0 Å². The summed E-state index contributed by atoms with van der Waals surface area (Å²) in [6.07, 6.45) is 2.32. The minimum absolute atomic E-state index is 0.0393. The Morgan fingerprint density at radius 3 is 2.88 bits per heavy atom. The van der Waals surface area contributed by atoms with Crippen LogP contribution in [0.1, 0.15) is 29.5 Å². The van der Waals surface area contributed by atoms with Gasteiger partial charge in [0, 0.05) is 18.5 Å². The molecule has 1 fully saturated rings. The highest BCUT2D eigenvalue weighted by atomic mass is 32.2. The van der Waals surface area contributed by atoms with Gasteiger partial charge in [0.05, 0.1) is 17.4 Å². The van der Waals surface area contributed by atoms with E-state index in [1.165, 1.54) is 22.9 Å². The zero-order valence-corrected chi connectivity index (χ0v) is 15.3. The Labute approximate surface area is 147 Å². The lowest BCUT2D eigenvalue weighted by molar-refractivity contribution is -0.119. The number of hydrogen-bond donors (Lipinski definition) is 1. The summed E-state index contributed by atoms with van der Waals surface area (Å²) in [5, 5.41) is 5.05. The molecule has 1 aromatic heterocycles. The molecule has 0 radical (unpaired) electrons.